The Morgan fingerprint density at radius 1 is 1.35 bits per heavy atom. The number of imide groups is 1. The van der Waals surface area contributed by atoms with Crippen molar-refractivity contribution in [3.8, 4) is 5.75 Å². The zero-order chi connectivity index (χ0) is 14.5. The predicted octanol–water partition coefficient (Wildman–Crippen LogP) is 0.622. The molecule has 1 aliphatic heterocycles. The second kappa shape index (κ2) is 6.05. The molecule has 1 heterocycles. The van der Waals surface area contributed by atoms with E-state index in [0.717, 1.165) is 0 Å². The summed E-state index contributed by atoms with van der Waals surface area (Å²) in [7, 11) is 0. The number of nitrogens with one attached hydrogen (secondary N) is 3. The molecule has 0 aliphatic carbocycles. The highest BCUT2D eigenvalue weighted by atomic mass is 16.5. The number of para-hydroxylation sites is 2. The number of hydrogen-bond acceptors (Lipinski definition) is 4. The third-order valence-corrected chi connectivity index (χ3v) is 2.71. The van der Waals surface area contributed by atoms with Gasteiger partial charge in [0.1, 0.15) is 11.8 Å². The van der Waals surface area contributed by atoms with E-state index in [2.05, 4.69) is 16.0 Å². The number of benzene rings is 1. The van der Waals surface area contributed by atoms with Crippen LogP contribution in [-0.2, 0) is 9.59 Å². The van der Waals surface area contributed by atoms with Crippen molar-refractivity contribution < 1.29 is 19.1 Å². The van der Waals surface area contributed by atoms with Gasteiger partial charge in [0.2, 0.25) is 5.91 Å². The first-order valence-corrected chi connectivity index (χ1v) is 6.23. The van der Waals surface area contributed by atoms with Crippen LogP contribution in [0.1, 0.15) is 13.3 Å². The molecule has 1 aliphatic rings. The van der Waals surface area contributed by atoms with Crippen LogP contribution in [-0.4, -0.2) is 30.5 Å². The highest BCUT2D eigenvalue weighted by Gasteiger charge is 2.31. The van der Waals surface area contributed by atoms with E-state index in [-0.39, 0.29) is 12.3 Å². The van der Waals surface area contributed by atoms with Crippen LogP contribution >= 0.6 is 0 Å². The van der Waals surface area contributed by atoms with E-state index in [4.69, 9.17) is 4.74 Å². The normalized spacial score (nSPS) is 17.4. The third-order valence-electron chi connectivity index (χ3n) is 2.71. The lowest BCUT2D eigenvalue weighted by Gasteiger charge is -2.12. The summed E-state index contributed by atoms with van der Waals surface area (Å²) in [6.07, 6.45) is -0.127. The van der Waals surface area contributed by atoms with Crippen LogP contribution in [0.25, 0.3) is 0 Å². The predicted molar refractivity (Wildman–Crippen MR) is 71.3 cm³/mol. The van der Waals surface area contributed by atoms with Gasteiger partial charge >= 0.3 is 6.03 Å². The van der Waals surface area contributed by atoms with Gasteiger partial charge in [-0.3, -0.25) is 14.9 Å². The van der Waals surface area contributed by atoms with Gasteiger partial charge in [-0.05, 0) is 19.1 Å². The molecule has 1 unspecified atom stereocenters. The summed E-state index contributed by atoms with van der Waals surface area (Å²) in [6, 6.07) is 5.59. The molecule has 106 valence electrons. The van der Waals surface area contributed by atoms with Crippen molar-refractivity contribution >= 4 is 23.5 Å². The molecule has 1 saturated heterocycles. The molecule has 3 N–H and O–H groups in total. The number of anilines is 1. The molecule has 1 aromatic rings. The van der Waals surface area contributed by atoms with Gasteiger partial charge in [-0.15, -0.1) is 0 Å². The monoisotopic (exact) mass is 277 g/mol. The quantitative estimate of drug-likeness (QED) is 0.687. The Kier molecular flexibility index (Phi) is 4.19. The lowest BCUT2D eigenvalue weighted by atomic mass is 10.2. The number of carbonyl (C=O) groups is 3. The van der Waals surface area contributed by atoms with Gasteiger partial charge in [-0.2, -0.15) is 0 Å². The maximum Gasteiger partial charge on any atom is 0.322 e. The van der Waals surface area contributed by atoms with E-state index in [9.17, 15) is 14.4 Å². The summed E-state index contributed by atoms with van der Waals surface area (Å²) >= 11 is 0. The average molecular weight is 277 g/mol. The summed E-state index contributed by atoms with van der Waals surface area (Å²) in [4.78, 5) is 34.2. The van der Waals surface area contributed by atoms with Crippen molar-refractivity contribution in [2.75, 3.05) is 11.9 Å². The largest absolute Gasteiger partial charge is 0.492 e. The molecule has 1 fully saturated rings. The second-order valence-electron chi connectivity index (χ2n) is 4.20. The van der Waals surface area contributed by atoms with E-state index < -0.39 is 18.0 Å². The number of carbonyl (C=O) groups excluding carboxylic acids is 3. The van der Waals surface area contributed by atoms with Gasteiger partial charge in [0.25, 0.3) is 5.91 Å². The fourth-order valence-electron chi connectivity index (χ4n) is 1.84. The minimum Gasteiger partial charge on any atom is -0.492 e. The maximum atomic E-state index is 11.9. The van der Waals surface area contributed by atoms with Crippen molar-refractivity contribution in [3.05, 3.63) is 24.3 Å². The van der Waals surface area contributed by atoms with E-state index in [0.29, 0.717) is 18.0 Å². The molecule has 0 bridgehead atoms. The molecule has 0 saturated carbocycles. The van der Waals surface area contributed by atoms with Crippen molar-refractivity contribution in [3.63, 3.8) is 0 Å². The first kappa shape index (κ1) is 13.9. The Balaban J connectivity index is 1.98. The fraction of sp³-hybridized carbons (Fsp3) is 0.308. The molecule has 2 rings (SSSR count). The second-order valence-corrected chi connectivity index (χ2v) is 4.20. The van der Waals surface area contributed by atoms with Crippen molar-refractivity contribution in [1.29, 1.82) is 0 Å². The van der Waals surface area contributed by atoms with Gasteiger partial charge < -0.3 is 15.4 Å². The lowest BCUT2D eigenvalue weighted by molar-refractivity contribution is -0.124. The molecule has 7 heteroatoms. The summed E-state index contributed by atoms with van der Waals surface area (Å²) in [5, 5.41) is 7.10. The van der Waals surface area contributed by atoms with Gasteiger partial charge in [-0.25, -0.2) is 4.79 Å². The van der Waals surface area contributed by atoms with Gasteiger partial charge in [0.05, 0.1) is 18.7 Å². The van der Waals surface area contributed by atoms with Crippen LogP contribution in [0, 0.1) is 0 Å². The van der Waals surface area contributed by atoms with E-state index >= 15 is 0 Å². The molecule has 7 nitrogen and oxygen atoms in total. The Morgan fingerprint density at radius 3 is 2.75 bits per heavy atom. The van der Waals surface area contributed by atoms with Crippen molar-refractivity contribution in [2.45, 2.75) is 19.4 Å². The highest BCUT2D eigenvalue weighted by molar-refractivity contribution is 6.07. The molecule has 4 amide bonds. The summed E-state index contributed by atoms with van der Waals surface area (Å²) in [6.45, 7) is 2.32. The Morgan fingerprint density at radius 2 is 2.10 bits per heavy atom. The lowest BCUT2D eigenvalue weighted by Crippen LogP contribution is -2.33. The van der Waals surface area contributed by atoms with Crippen LogP contribution < -0.4 is 20.7 Å². The topological polar surface area (TPSA) is 96.5 Å². The van der Waals surface area contributed by atoms with Crippen molar-refractivity contribution in [1.82, 2.24) is 10.6 Å². The first-order valence-electron chi connectivity index (χ1n) is 6.23. The zero-order valence-electron chi connectivity index (χ0n) is 10.9. The minimum absolute atomic E-state index is 0.127. The maximum absolute atomic E-state index is 11.9. The van der Waals surface area contributed by atoms with E-state index in [1.807, 2.05) is 6.92 Å². The molecular weight excluding hydrogens is 262 g/mol. The zero-order valence-corrected chi connectivity index (χ0v) is 10.9. The molecule has 0 aromatic heterocycles. The molecule has 0 spiro atoms. The van der Waals surface area contributed by atoms with Crippen LogP contribution in [0.4, 0.5) is 10.5 Å². The van der Waals surface area contributed by atoms with Gasteiger partial charge in [0, 0.05) is 0 Å². The number of urea groups is 1. The molecule has 1 atom stereocenters. The van der Waals surface area contributed by atoms with Crippen LogP contribution in [0.15, 0.2) is 24.3 Å². The first-order chi connectivity index (χ1) is 9.60. The van der Waals surface area contributed by atoms with E-state index in [1.165, 1.54) is 0 Å². The van der Waals surface area contributed by atoms with Crippen LogP contribution in [0.3, 0.4) is 0 Å². The average Bonchev–Trinajstić information content (AvgIpc) is 2.70. The third kappa shape index (κ3) is 3.25. The molecule has 1 aromatic carbocycles. The number of ether oxygens (including phenoxy) is 1. The minimum atomic E-state index is -0.832. The smallest absolute Gasteiger partial charge is 0.322 e. The Bertz CT molecular complexity index is 544. The molecule has 0 radical (unpaired) electrons. The summed E-state index contributed by atoms with van der Waals surface area (Å²) in [5.41, 5.74) is 0.532. The fourth-order valence-corrected chi connectivity index (χ4v) is 1.84. The number of amides is 4. The highest BCUT2D eigenvalue weighted by Crippen LogP contribution is 2.23. The van der Waals surface area contributed by atoms with Gasteiger partial charge in [0.15, 0.2) is 0 Å². The molecule has 20 heavy (non-hydrogen) atoms. The Labute approximate surface area is 115 Å². The number of hydrogen-bond donors (Lipinski definition) is 3. The molecular formula is C13H15N3O4. The number of rotatable bonds is 5. The van der Waals surface area contributed by atoms with E-state index in [1.54, 1.807) is 24.3 Å². The Hall–Kier alpha value is -2.57. The standard InChI is InChI=1S/C13H15N3O4/c1-2-20-10-6-4-3-5-8(10)14-11(17)7-9-12(18)16-13(19)15-9/h3-6,9H,2,7H2,1H3,(H,14,17)(H2,15,16,18,19). The van der Waals surface area contributed by atoms with Crippen molar-refractivity contribution in [2.24, 2.45) is 0 Å². The van der Waals surface area contributed by atoms with Gasteiger partial charge in [-0.1, -0.05) is 12.1 Å². The SMILES string of the molecule is CCOc1ccccc1NC(=O)CC1NC(=O)NC1=O. The summed E-state index contributed by atoms with van der Waals surface area (Å²) < 4.78 is 5.38. The summed E-state index contributed by atoms with van der Waals surface area (Å²) in [5.74, 6) is -0.314. The van der Waals surface area contributed by atoms with Crippen LogP contribution in [0.2, 0.25) is 0 Å². The van der Waals surface area contributed by atoms with Crippen LogP contribution in [0.5, 0.6) is 5.75 Å².